The van der Waals surface area contributed by atoms with Crippen molar-refractivity contribution in [3.63, 3.8) is 0 Å². The summed E-state index contributed by atoms with van der Waals surface area (Å²) in [5.41, 5.74) is 0.349. The van der Waals surface area contributed by atoms with Crippen LogP contribution in [0.5, 0.6) is 0 Å². The van der Waals surface area contributed by atoms with Crippen LogP contribution in [0.4, 0.5) is 0 Å². The zero-order valence-corrected chi connectivity index (χ0v) is 13.3. The topological polar surface area (TPSA) is 18.5 Å². The van der Waals surface area contributed by atoms with E-state index >= 15 is 0 Å². The average molecular weight is 259 g/mol. The predicted molar refractivity (Wildman–Crippen MR) is 72.4 cm³/mol. The molecule has 1 saturated carbocycles. The second kappa shape index (κ2) is 6.94. The minimum atomic E-state index is -0.556. The van der Waals surface area contributed by atoms with Crippen LogP contribution in [0.1, 0.15) is 32.1 Å². The van der Waals surface area contributed by atoms with Gasteiger partial charge < -0.3 is 8.85 Å². The molecule has 0 unspecified atom stereocenters. The van der Waals surface area contributed by atoms with Gasteiger partial charge in [-0.15, -0.1) is 0 Å². The van der Waals surface area contributed by atoms with Crippen molar-refractivity contribution in [1.82, 2.24) is 0 Å². The van der Waals surface area contributed by atoms with Crippen molar-refractivity contribution in [3.05, 3.63) is 0 Å². The second-order valence-corrected chi connectivity index (χ2v) is 9.66. The summed E-state index contributed by atoms with van der Waals surface area (Å²) in [5.74, 6) is 0. The Morgan fingerprint density at radius 3 is 1.62 bits per heavy atom. The average Bonchev–Trinajstić information content (AvgIpc) is 2.25. The third-order valence-corrected chi connectivity index (χ3v) is 4.69. The molecule has 0 atom stereocenters. The molecule has 0 amide bonds. The lowest BCUT2D eigenvalue weighted by atomic mass is 9.75. The lowest BCUT2D eigenvalue weighted by Crippen LogP contribution is -2.37. The molecular weight excluding hydrogens is 232 g/mol. The minimum Gasteiger partial charge on any atom is -0.417 e. The van der Waals surface area contributed by atoms with Crippen LogP contribution in [0.15, 0.2) is 0 Å². The van der Waals surface area contributed by atoms with E-state index in [-0.39, 0.29) is 0 Å². The molecular formula is C12H26O2Si2. The number of hydrogen-bond acceptors (Lipinski definition) is 2. The zero-order chi connectivity index (χ0) is 12.0. The van der Waals surface area contributed by atoms with E-state index in [1.807, 2.05) is 0 Å². The summed E-state index contributed by atoms with van der Waals surface area (Å²) in [5, 5.41) is 0. The van der Waals surface area contributed by atoms with Gasteiger partial charge in [-0.25, -0.2) is 0 Å². The normalized spacial score (nSPS) is 20.6. The third kappa shape index (κ3) is 5.12. The molecule has 1 fully saturated rings. The summed E-state index contributed by atoms with van der Waals surface area (Å²) in [7, 11) is -1.11. The lowest BCUT2D eigenvalue weighted by molar-refractivity contribution is 0.0428. The summed E-state index contributed by atoms with van der Waals surface area (Å²) < 4.78 is 11.9. The SMILES string of the molecule is C[Si](C)OCC1(CO[Si](C)C)CCCCC1. The first-order valence-corrected chi connectivity index (χ1v) is 11.2. The highest BCUT2D eigenvalue weighted by molar-refractivity contribution is 6.48. The van der Waals surface area contributed by atoms with Gasteiger partial charge in [0.15, 0.2) is 0 Å². The Morgan fingerprint density at radius 2 is 1.25 bits per heavy atom. The van der Waals surface area contributed by atoms with Crippen molar-refractivity contribution in [2.75, 3.05) is 13.2 Å². The van der Waals surface area contributed by atoms with Crippen molar-refractivity contribution in [2.45, 2.75) is 58.3 Å². The van der Waals surface area contributed by atoms with Crippen molar-refractivity contribution < 1.29 is 8.85 Å². The maximum Gasteiger partial charge on any atom is 0.204 e. The minimum absolute atomic E-state index is 0.349. The highest BCUT2D eigenvalue weighted by atomic mass is 28.3. The Balaban J connectivity index is 2.45. The maximum atomic E-state index is 5.95. The van der Waals surface area contributed by atoms with Gasteiger partial charge in [0.2, 0.25) is 18.1 Å². The van der Waals surface area contributed by atoms with Gasteiger partial charge in [0.25, 0.3) is 0 Å². The molecule has 0 aromatic heterocycles. The molecule has 94 valence electrons. The van der Waals surface area contributed by atoms with E-state index in [1.54, 1.807) is 0 Å². The molecule has 0 heterocycles. The molecule has 0 spiro atoms. The van der Waals surface area contributed by atoms with Gasteiger partial charge in [-0.2, -0.15) is 0 Å². The third-order valence-electron chi connectivity index (χ3n) is 3.25. The molecule has 2 nitrogen and oxygen atoms in total. The van der Waals surface area contributed by atoms with E-state index < -0.39 is 18.1 Å². The van der Waals surface area contributed by atoms with Crippen molar-refractivity contribution in [2.24, 2.45) is 5.41 Å². The van der Waals surface area contributed by atoms with Crippen LogP contribution in [0.25, 0.3) is 0 Å². The van der Waals surface area contributed by atoms with Crippen molar-refractivity contribution in [1.29, 1.82) is 0 Å². The molecule has 0 aromatic carbocycles. The molecule has 4 heteroatoms. The summed E-state index contributed by atoms with van der Waals surface area (Å²) in [4.78, 5) is 0. The van der Waals surface area contributed by atoms with E-state index in [9.17, 15) is 0 Å². The predicted octanol–water partition coefficient (Wildman–Crippen LogP) is 3.47. The molecule has 0 bridgehead atoms. The maximum absolute atomic E-state index is 5.95. The van der Waals surface area contributed by atoms with Crippen LogP contribution in [0.3, 0.4) is 0 Å². The molecule has 0 aliphatic heterocycles. The Kier molecular flexibility index (Phi) is 6.25. The first-order valence-electron chi connectivity index (χ1n) is 6.40. The van der Waals surface area contributed by atoms with Gasteiger partial charge >= 0.3 is 0 Å². The fourth-order valence-corrected chi connectivity index (χ4v) is 3.42. The van der Waals surface area contributed by atoms with E-state index in [0.29, 0.717) is 5.41 Å². The Morgan fingerprint density at radius 1 is 0.812 bits per heavy atom. The van der Waals surface area contributed by atoms with Crippen LogP contribution in [0, 0.1) is 5.41 Å². The van der Waals surface area contributed by atoms with E-state index in [0.717, 1.165) is 13.2 Å². The molecule has 16 heavy (non-hydrogen) atoms. The van der Waals surface area contributed by atoms with Gasteiger partial charge in [0.05, 0.1) is 0 Å². The standard InChI is InChI=1S/C12H26O2Si2/c1-15(2)13-10-12(11-14-16(3)4)8-6-5-7-9-12/h5-11H2,1-4H3. The van der Waals surface area contributed by atoms with E-state index in [1.165, 1.54) is 32.1 Å². The Labute approximate surface area is 104 Å². The Hall–Kier alpha value is 0.354. The van der Waals surface area contributed by atoms with Gasteiger partial charge in [-0.05, 0) is 39.0 Å². The quantitative estimate of drug-likeness (QED) is 0.679. The first kappa shape index (κ1) is 14.4. The lowest BCUT2D eigenvalue weighted by Gasteiger charge is -2.38. The summed E-state index contributed by atoms with van der Waals surface area (Å²) in [6.45, 7) is 10.7. The van der Waals surface area contributed by atoms with Gasteiger partial charge in [-0.3, -0.25) is 0 Å². The smallest absolute Gasteiger partial charge is 0.204 e. The first-order chi connectivity index (χ1) is 7.54. The van der Waals surface area contributed by atoms with Gasteiger partial charge in [0, 0.05) is 18.6 Å². The monoisotopic (exact) mass is 258 g/mol. The van der Waals surface area contributed by atoms with Crippen LogP contribution in [-0.2, 0) is 8.85 Å². The van der Waals surface area contributed by atoms with Crippen LogP contribution in [0.2, 0.25) is 26.2 Å². The summed E-state index contributed by atoms with van der Waals surface area (Å²) >= 11 is 0. The number of hydrogen-bond donors (Lipinski definition) is 0. The molecule has 1 aliphatic rings. The van der Waals surface area contributed by atoms with Crippen LogP contribution >= 0.6 is 0 Å². The highest BCUT2D eigenvalue weighted by Crippen LogP contribution is 2.37. The fraction of sp³-hybridized carbons (Fsp3) is 1.00. The van der Waals surface area contributed by atoms with Crippen molar-refractivity contribution >= 4 is 18.1 Å². The van der Waals surface area contributed by atoms with Crippen LogP contribution in [-0.4, -0.2) is 31.3 Å². The van der Waals surface area contributed by atoms with E-state index in [4.69, 9.17) is 8.85 Å². The van der Waals surface area contributed by atoms with Gasteiger partial charge in [-0.1, -0.05) is 19.3 Å². The molecule has 0 saturated heterocycles. The van der Waals surface area contributed by atoms with Gasteiger partial charge in [0.1, 0.15) is 0 Å². The summed E-state index contributed by atoms with van der Waals surface area (Å²) in [6.07, 6.45) is 6.72. The van der Waals surface area contributed by atoms with Crippen LogP contribution < -0.4 is 0 Å². The van der Waals surface area contributed by atoms with Crippen molar-refractivity contribution in [3.8, 4) is 0 Å². The highest BCUT2D eigenvalue weighted by Gasteiger charge is 2.33. The molecule has 0 N–H and O–H groups in total. The molecule has 1 rings (SSSR count). The fourth-order valence-electron chi connectivity index (χ4n) is 2.23. The Bertz CT molecular complexity index is 175. The molecule has 2 radical (unpaired) electrons. The molecule has 1 aliphatic carbocycles. The summed E-state index contributed by atoms with van der Waals surface area (Å²) in [6, 6.07) is 0. The molecule has 0 aromatic rings. The zero-order valence-electron chi connectivity index (χ0n) is 11.3. The van der Waals surface area contributed by atoms with E-state index in [2.05, 4.69) is 26.2 Å². The second-order valence-electron chi connectivity index (χ2n) is 5.45. The largest absolute Gasteiger partial charge is 0.417 e. The number of rotatable bonds is 6.